The summed E-state index contributed by atoms with van der Waals surface area (Å²) in [5.41, 5.74) is 1.78. The van der Waals surface area contributed by atoms with Crippen LogP contribution in [0.25, 0.3) is 11.0 Å². The first-order valence-corrected chi connectivity index (χ1v) is 9.89. The fourth-order valence-corrected chi connectivity index (χ4v) is 3.86. The van der Waals surface area contributed by atoms with Crippen LogP contribution in [0.2, 0.25) is 0 Å². The Hall–Kier alpha value is -2.80. The van der Waals surface area contributed by atoms with Crippen LogP contribution >= 0.6 is 11.8 Å². The van der Waals surface area contributed by atoms with Crippen molar-refractivity contribution in [1.82, 2.24) is 0 Å². The molecule has 0 fully saturated rings. The standard InChI is InChI=1S/C21H20FNO4S/c1-3-26-21(25)23-15-8-9-17-14(10-20(24)27-19(17)11-15)12-28-13(2)16-6-4-5-7-18(16)22/h4-11,13H,3,12H2,1-2H3,(H,23,25). The van der Waals surface area contributed by atoms with Gasteiger partial charge in [0, 0.05) is 39.8 Å². The van der Waals surface area contributed by atoms with Crippen molar-refractivity contribution >= 4 is 34.5 Å². The monoisotopic (exact) mass is 401 g/mol. The van der Waals surface area contributed by atoms with Gasteiger partial charge in [0.25, 0.3) is 0 Å². The molecule has 1 heterocycles. The highest BCUT2D eigenvalue weighted by atomic mass is 32.2. The van der Waals surface area contributed by atoms with Gasteiger partial charge in [-0.25, -0.2) is 14.0 Å². The van der Waals surface area contributed by atoms with E-state index in [0.717, 1.165) is 10.9 Å². The highest BCUT2D eigenvalue weighted by molar-refractivity contribution is 7.98. The van der Waals surface area contributed by atoms with E-state index in [1.807, 2.05) is 6.92 Å². The molecule has 2 aromatic carbocycles. The molecule has 1 N–H and O–H groups in total. The number of nitrogens with one attached hydrogen (secondary N) is 1. The molecule has 0 saturated carbocycles. The van der Waals surface area contributed by atoms with Gasteiger partial charge in [-0.2, -0.15) is 0 Å². The summed E-state index contributed by atoms with van der Waals surface area (Å²) >= 11 is 1.53. The van der Waals surface area contributed by atoms with Crippen LogP contribution in [0.5, 0.6) is 0 Å². The van der Waals surface area contributed by atoms with E-state index in [-0.39, 0.29) is 17.7 Å². The maximum atomic E-state index is 14.0. The minimum absolute atomic E-state index is 0.0757. The summed E-state index contributed by atoms with van der Waals surface area (Å²) in [5.74, 6) is 0.275. The number of hydrogen-bond donors (Lipinski definition) is 1. The zero-order chi connectivity index (χ0) is 20.1. The Morgan fingerprint density at radius 2 is 2.04 bits per heavy atom. The first-order chi connectivity index (χ1) is 13.5. The van der Waals surface area contributed by atoms with Crippen molar-refractivity contribution in [3.05, 3.63) is 75.9 Å². The van der Waals surface area contributed by atoms with E-state index in [1.54, 1.807) is 43.3 Å². The largest absolute Gasteiger partial charge is 0.450 e. The Kier molecular flexibility index (Phi) is 6.36. The van der Waals surface area contributed by atoms with Crippen molar-refractivity contribution in [2.75, 3.05) is 11.9 Å². The number of fused-ring (bicyclic) bond motifs is 1. The molecule has 1 amide bonds. The third kappa shape index (κ3) is 4.72. The number of thioether (sulfide) groups is 1. The quantitative estimate of drug-likeness (QED) is 0.553. The molecule has 5 nitrogen and oxygen atoms in total. The van der Waals surface area contributed by atoms with Gasteiger partial charge in [-0.05, 0) is 37.6 Å². The average molecular weight is 401 g/mol. The number of carbonyl (C=O) groups is 1. The van der Waals surface area contributed by atoms with Crippen LogP contribution in [0.15, 0.2) is 57.7 Å². The molecule has 7 heteroatoms. The topological polar surface area (TPSA) is 68.5 Å². The van der Waals surface area contributed by atoms with E-state index in [4.69, 9.17) is 9.15 Å². The van der Waals surface area contributed by atoms with E-state index in [0.29, 0.717) is 22.6 Å². The molecule has 0 radical (unpaired) electrons. The Morgan fingerprint density at radius 1 is 1.25 bits per heavy atom. The maximum Gasteiger partial charge on any atom is 0.411 e. The van der Waals surface area contributed by atoms with Gasteiger partial charge in [-0.15, -0.1) is 11.8 Å². The lowest BCUT2D eigenvalue weighted by Crippen LogP contribution is -2.13. The Bertz CT molecular complexity index is 1050. The fraction of sp³-hybridized carbons (Fsp3) is 0.238. The van der Waals surface area contributed by atoms with Gasteiger partial charge < -0.3 is 9.15 Å². The van der Waals surface area contributed by atoms with E-state index in [9.17, 15) is 14.0 Å². The molecule has 28 heavy (non-hydrogen) atoms. The van der Waals surface area contributed by atoms with Gasteiger partial charge in [-0.1, -0.05) is 18.2 Å². The molecule has 0 saturated heterocycles. The number of carbonyl (C=O) groups excluding carboxylic acids is 1. The molecule has 3 aromatic rings. The normalized spacial score (nSPS) is 12.0. The maximum absolute atomic E-state index is 14.0. The summed E-state index contributed by atoms with van der Waals surface area (Å²) in [7, 11) is 0. The molecule has 0 aliphatic heterocycles. The lowest BCUT2D eigenvalue weighted by molar-refractivity contribution is 0.168. The van der Waals surface area contributed by atoms with Crippen LogP contribution in [0.3, 0.4) is 0 Å². The van der Waals surface area contributed by atoms with Gasteiger partial charge in [0.2, 0.25) is 0 Å². The molecule has 0 spiro atoms. The third-order valence-electron chi connectivity index (χ3n) is 4.18. The van der Waals surface area contributed by atoms with Crippen LogP contribution < -0.4 is 10.9 Å². The fourth-order valence-electron chi connectivity index (χ4n) is 2.82. The van der Waals surface area contributed by atoms with Crippen molar-refractivity contribution < 1.29 is 18.3 Å². The zero-order valence-corrected chi connectivity index (χ0v) is 16.3. The molecule has 0 aliphatic rings. The minimum Gasteiger partial charge on any atom is -0.450 e. The van der Waals surface area contributed by atoms with Crippen LogP contribution in [-0.4, -0.2) is 12.7 Å². The van der Waals surface area contributed by atoms with Crippen molar-refractivity contribution in [2.45, 2.75) is 24.9 Å². The zero-order valence-electron chi connectivity index (χ0n) is 15.5. The van der Waals surface area contributed by atoms with Crippen LogP contribution in [0.1, 0.15) is 30.2 Å². The SMILES string of the molecule is CCOC(=O)Nc1ccc2c(CSC(C)c3ccccc3F)cc(=O)oc2c1. The summed E-state index contributed by atoms with van der Waals surface area (Å²) in [6, 6.07) is 13.2. The molecule has 3 rings (SSSR count). The second kappa shape index (κ2) is 8.93. The van der Waals surface area contributed by atoms with Gasteiger partial charge in [-0.3, -0.25) is 5.32 Å². The number of hydrogen-bond acceptors (Lipinski definition) is 5. The van der Waals surface area contributed by atoms with Crippen molar-refractivity contribution in [2.24, 2.45) is 0 Å². The molecule has 0 bridgehead atoms. The smallest absolute Gasteiger partial charge is 0.411 e. The molecule has 1 atom stereocenters. The van der Waals surface area contributed by atoms with E-state index in [2.05, 4.69) is 5.32 Å². The number of rotatable bonds is 6. The number of anilines is 1. The predicted octanol–water partition coefficient (Wildman–Crippen LogP) is 5.49. The molecule has 0 aliphatic carbocycles. The van der Waals surface area contributed by atoms with Crippen molar-refractivity contribution in [1.29, 1.82) is 0 Å². The summed E-state index contributed by atoms with van der Waals surface area (Å²) in [4.78, 5) is 23.5. The van der Waals surface area contributed by atoms with E-state index in [1.165, 1.54) is 23.9 Å². The summed E-state index contributed by atoms with van der Waals surface area (Å²) in [6.45, 7) is 3.90. The lowest BCUT2D eigenvalue weighted by Gasteiger charge is -2.13. The highest BCUT2D eigenvalue weighted by Gasteiger charge is 2.13. The Balaban J connectivity index is 1.82. The number of amides is 1. The van der Waals surface area contributed by atoms with Crippen molar-refractivity contribution in [3.8, 4) is 0 Å². The van der Waals surface area contributed by atoms with Gasteiger partial charge in [0.15, 0.2) is 0 Å². The highest BCUT2D eigenvalue weighted by Crippen LogP contribution is 2.34. The summed E-state index contributed by atoms with van der Waals surface area (Å²) < 4.78 is 24.1. The first-order valence-electron chi connectivity index (χ1n) is 8.84. The second-order valence-corrected chi connectivity index (χ2v) is 7.45. The predicted molar refractivity (Wildman–Crippen MR) is 109 cm³/mol. The number of ether oxygens (including phenoxy) is 1. The van der Waals surface area contributed by atoms with Gasteiger partial charge >= 0.3 is 11.7 Å². The van der Waals surface area contributed by atoms with E-state index < -0.39 is 11.7 Å². The van der Waals surface area contributed by atoms with E-state index >= 15 is 0 Å². The number of halogens is 1. The number of benzene rings is 2. The third-order valence-corrected chi connectivity index (χ3v) is 5.42. The van der Waals surface area contributed by atoms with Crippen molar-refractivity contribution in [3.63, 3.8) is 0 Å². The van der Waals surface area contributed by atoms with Crippen LogP contribution in [0, 0.1) is 5.82 Å². The molecular weight excluding hydrogens is 381 g/mol. The molecular formula is C21H20FNO4S. The molecule has 146 valence electrons. The molecule has 1 unspecified atom stereocenters. The summed E-state index contributed by atoms with van der Waals surface area (Å²) in [6.07, 6.45) is -0.574. The minimum atomic E-state index is -0.574. The average Bonchev–Trinajstić information content (AvgIpc) is 2.66. The summed E-state index contributed by atoms with van der Waals surface area (Å²) in [5, 5.41) is 3.27. The second-order valence-electron chi connectivity index (χ2n) is 6.12. The Labute approximate surface area is 165 Å². The van der Waals surface area contributed by atoms with Gasteiger partial charge in [0.1, 0.15) is 11.4 Å². The van der Waals surface area contributed by atoms with Gasteiger partial charge in [0.05, 0.1) is 6.61 Å². The first kappa shape index (κ1) is 19.9. The lowest BCUT2D eigenvalue weighted by atomic mass is 10.1. The van der Waals surface area contributed by atoms with Crippen LogP contribution in [0.4, 0.5) is 14.9 Å². The molecule has 1 aromatic heterocycles. The Morgan fingerprint density at radius 3 is 2.79 bits per heavy atom. The van der Waals surface area contributed by atoms with Crippen LogP contribution in [-0.2, 0) is 10.5 Å².